The number of aromatic nitrogens is 1. The number of halogens is 1. The summed E-state index contributed by atoms with van der Waals surface area (Å²) >= 11 is 6.18. The van der Waals surface area contributed by atoms with E-state index in [4.69, 9.17) is 11.6 Å². The molecule has 1 aromatic heterocycles. The largest absolute Gasteiger partial charge is 0.297 e. The predicted molar refractivity (Wildman–Crippen MR) is 116 cm³/mol. The number of fused-ring (bicyclic) bond motifs is 1. The van der Waals surface area contributed by atoms with Crippen molar-refractivity contribution in [3.8, 4) is 0 Å². The maximum absolute atomic E-state index is 13.2. The summed E-state index contributed by atoms with van der Waals surface area (Å²) < 4.78 is 26.8. The average molecular weight is 446 g/mol. The second-order valence-electron chi connectivity index (χ2n) is 8.95. The molecule has 0 N–H and O–H groups in total. The summed E-state index contributed by atoms with van der Waals surface area (Å²) in [6.45, 7) is 5.03. The lowest BCUT2D eigenvalue weighted by molar-refractivity contribution is 0.0982. The number of anilines is 1. The molecule has 1 saturated carbocycles. The third kappa shape index (κ3) is 3.06. The van der Waals surface area contributed by atoms with Crippen molar-refractivity contribution in [2.75, 3.05) is 18.0 Å². The molecule has 3 aliphatic rings. The van der Waals surface area contributed by atoms with Gasteiger partial charge in [-0.15, -0.1) is 0 Å². The zero-order valence-electron chi connectivity index (χ0n) is 17.0. The summed E-state index contributed by atoms with van der Waals surface area (Å²) in [4.78, 5) is 19.4. The van der Waals surface area contributed by atoms with Crippen LogP contribution in [0.5, 0.6) is 0 Å². The summed E-state index contributed by atoms with van der Waals surface area (Å²) in [6.07, 6.45) is 5.81. The molecule has 1 aromatic carbocycles. The van der Waals surface area contributed by atoms with Gasteiger partial charge in [-0.05, 0) is 68.5 Å². The van der Waals surface area contributed by atoms with E-state index in [-0.39, 0.29) is 17.1 Å². The maximum atomic E-state index is 13.2. The summed E-state index contributed by atoms with van der Waals surface area (Å²) in [5.74, 6) is 0.0126. The molecule has 1 saturated heterocycles. The minimum Gasteiger partial charge on any atom is -0.297 e. The van der Waals surface area contributed by atoms with E-state index < -0.39 is 15.6 Å². The summed E-state index contributed by atoms with van der Waals surface area (Å²) in [5, 5.41) is 0.417. The zero-order chi connectivity index (χ0) is 21.3. The van der Waals surface area contributed by atoms with E-state index in [2.05, 4.69) is 4.98 Å². The van der Waals surface area contributed by atoms with Gasteiger partial charge < -0.3 is 0 Å². The van der Waals surface area contributed by atoms with Gasteiger partial charge in [0.15, 0.2) is 0 Å². The quantitative estimate of drug-likeness (QED) is 0.715. The third-order valence-corrected chi connectivity index (χ3v) is 9.16. The molecule has 0 spiro atoms. The first-order valence-corrected chi connectivity index (χ1v) is 12.2. The first-order chi connectivity index (χ1) is 14.2. The van der Waals surface area contributed by atoms with Crippen LogP contribution in [-0.2, 0) is 15.6 Å². The summed E-state index contributed by atoms with van der Waals surface area (Å²) in [6, 6.07) is 7.35. The van der Waals surface area contributed by atoms with Gasteiger partial charge in [-0.3, -0.25) is 14.7 Å². The number of carbonyl (C=O) groups excluding carboxylic acids is 1. The van der Waals surface area contributed by atoms with Crippen LogP contribution in [0, 0.1) is 0 Å². The Bertz CT molecular complexity index is 1140. The van der Waals surface area contributed by atoms with Gasteiger partial charge in [0, 0.05) is 35.8 Å². The fourth-order valence-electron chi connectivity index (χ4n) is 4.74. The lowest BCUT2D eigenvalue weighted by Crippen LogP contribution is -2.39. The fraction of sp³-hybridized carbons (Fsp3) is 0.455. The van der Waals surface area contributed by atoms with Crippen LogP contribution in [0.4, 0.5) is 5.69 Å². The Balaban J connectivity index is 1.44. The number of nitrogens with zero attached hydrogens (tertiary/aromatic N) is 3. The Labute approximate surface area is 181 Å². The van der Waals surface area contributed by atoms with Gasteiger partial charge in [-0.2, -0.15) is 0 Å². The molecule has 0 radical (unpaired) electrons. The standard InChI is InChI=1S/C22H24ClN3O3S/c1-22(2)20-10-16(23)3-6-19(20)21(27)26(22)17-9-15(11-24-12-17)14-7-8-25(13-14)30(28,29)18-4-5-18/h3,6,9-12,14,18H,4-5,7-8,13H2,1-2H3/t14-/m1/s1. The van der Waals surface area contributed by atoms with Gasteiger partial charge in [0.2, 0.25) is 10.0 Å². The van der Waals surface area contributed by atoms with Gasteiger partial charge in [0.05, 0.1) is 22.7 Å². The van der Waals surface area contributed by atoms with Gasteiger partial charge in [0.25, 0.3) is 5.91 Å². The molecule has 6 nitrogen and oxygen atoms in total. The van der Waals surface area contributed by atoms with E-state index in [1.54, 1.807) is 33.7 Å². The molecule has 0 bridgehead atoms. The Morgan fingerprint density at radius 3 is 2.63 bits per heavy atom. The molecule has 158 valence electrons. The molecule has 5 rings (SSSR count). The van der Waals surface area contributed by atoms with E-state index in [1.807, 2.05) is 26.0 Å². The van der Waals surface area contributed by atoms with E-state index in [0.29, 0.717) is 23.7 Å². The number of carbonyl (C=O) groups is 1. The predicted octanol–water partition coefficient (Wildman–Crippen LogP) is 3.91. The maximum Gasteiger partial charge on any atom is 0.259 e. The van der Waals surface area contributed by atoms with Gasteiger partial charge in [0.1, 0.15) is 0 Å². The van der Waals surface area contributed by atoms with Gasteiger partial charge >= 0.3 is 0 Å². The minimum atomic E-state index is -3.16. The zero-order valence-corrected chi connectivity index (χ0v) is 18.6. The lowest BCUT2D eigenvalue weighted by atomic mass is 9.93. The second kappa shape index (κ2) is 6.77. The Morgan fingerprint density at radius 2 is 1.90 bits per heavy atom. The fourth-order valence-corrected chi connectivity index (χ4v) is 6.82. The van der Waals surface area contributed by atoms with Gasteiger partial charge in [-0.1, -0.05) is 11.6 Å². The molecule has 2 aromatic rings. The summed E-state index contributed by atoms with van der Waals surface area (Å²) in [5.41, 5.74) is 2.68. The third-order valence-electron chi connectivity index (χ3n) is 6.56. The first-order valence-electron chi connectivity index (χ1n) is 10.3. The van der Waals surface area contributed by atoms with E-state index in [9.17, 15) is 13.2 Å². The average Bonchev–Trinajstić information content (AvgIpc) is 3.41. The minimum absolute atomic E-state index is 0.0741. The molecule has 0 unspecified atom stereocenters. The van der Waals surface area contributed by atoms with E-state index in [1.165, 1.54) is 0 Å². The molecule has 1 amide bonds. The highest BCUT2D eigenvalue weighted by Crippen LogP contribution is 2.43. The van der Waals surface area contributed by atoms with Crippen LogP contribution in [-0.4, -0.2) is 42.0 Å². The van der Waals surface area contributed by atoms with Crippen LogP contribution < -0.4 is 4.90 Å². The lowest BCUT2D eigenvalue weighted by Gasteiger charge is -2.32. The van der Waals surface area contributed by atoms with Crippen LogP contribution in [0.1, 0.15) is 60.5 Å². The number of sulfonamides is 1. The normalized spacial score (nSPS) is 23.8. The molecular weight excluding hydrogens is 422 g/mol. The smallest absolute Gasteiger partial charge is 0.259 e. The first kappa shape index (κ1) is 20.0. The van der Waals surface area contributed by atoms with Crippen molar-refractivity contribution < 1.29 is 13.2 Å². The van der Waals surface area contributed by atoms with Crippen molar-refractivity contribution in [1.82, 2.24) is 9.29 Å². The Kier molecular flexibility index (Phi) is 4.51. The Hall–Kier alpha value is -1.96. The number of benzene rings is 1. The van der Waals surface area contributed by atoms with Crippen LogP contribution >= 0.6 is 11.6 Å². The van der Waals surface area contributed by atoms with Crippen molar-refractivity contribution in [3.05, 3.63) is 58.4 Å². The molecule has 2 fully saturated rings. The van der Waals surface area contributed by atoms with Crippen LogP contribution in [0.15, 0.2) is 36.7 Å². The molecule has 8 heteroatoms. The topological polar surface area (TPSA) is 70.6 Å². The van der Waals surface area contributed by atoms with Crippen molar-refractivity contribution in [3.63, 3.8) is 0 Å². The number of rotatable bonds is 4. The van der Waals surface area contributed by atoms with E-state index in [0.717, 1.165) is 36.1 Å². The van der Waals surface area contributed by atoms with Crippen molar-refractivity contribution in [2.45, 2.75) is 49.8 Å². The second-order valence-corrected chi connectivity index (χ2v) is 11.6. The highest BCUT2D eigenvalue weighted by Gasteiger charge is 2.45. The SMILES string of the molecule is CC1(C)c2cc(Cl)ccc2C(=O)N1c1cncc([C@@H]2CCN(S(=O)(=O)C3CC3)C2)c1. The molecular formula is C22H24ClN3O3S. The number of amides is 1. The van der Waals surface area contributed by atoms with Crippen molar-refractivity contribution >= 4 is 33.2 Å². The molecule has 2 aliphatic heterocycles. The molecule has 3 heterocycles. The van der Waals surface area contributed by atoms with Crippen LogP contribution in [0.3, 0.4) is 0 Å². The molecule has 1 atom stereocenters. The number of pyridine rings is 1. The highest BCUT2D eigenvalue weighted by molar-refractivity contribution is 7.90. The van der Waals surface area contributed by atoms with Crippen LogP contribution in [0.25, 0.3) is 0 Å². The van der Waals surface area contributed by atoms with E-state index >= 15 is 0 Å². The summed E-state index contributed by atoms with van der Waals surface area (Å²) in [7, 11) is -3.16. The Morgan fingerprint density at radius 1 is 1.13 bits per heavy atom. The monoisotopic (exact) mass is 445 g/mol. The molecule has 1 aliphatic carbocycles. The van der Waals surface area contributed by atoms with Crippen molar-refractivity contribution in [1.29, 1.82) is 0 Å². The molecule has 30 heavy (non-hydrogen) atoms. The number of hydrogen-bond acceptors (Lipinski definition) is 4. The van der Waals surface area contributed by atoms with Gasteiger partial charge in [-0.25, -0.2) is 12.7 Å². The van der Waals surface area contributed by atoms with Crippen molar-refractivity contribution in [2.24, 2.45) is 0 Å². The highest BCUT2D eigenvalue weighted by atomic mass is 35.5. The van der Waals surface area contributed by atoms with Crippen LogP contribution in [0.2, 0.25) is 5.02 Å². The number of hydrogen-bond donors (Lipinski definition) is 0.